The van der Waals surface area contributed by atoms with Crippen LogP contribution >= 0.6 is 0 Å². The molecule has 0 aromatic heterocycles. The Labute approximate surface area is 146 Å². The molecule has 138 valence electrons. The highest BCUT2D eigenvalue weighted by molar-refractivity contribution is 5.82. The molecule has 1 atom stereocenters. The zero-order chi connectivity index (χ0) is 17.9. The van der Waals surface area contributed by atoms with Crippen molar-refractivity contribution in [1.29, 1.82) is 0 Å². The number of hydrogen-bond donors (Lipinski definition) is 1. The van der Waals surface area contributed by atoms with Crippen molar-refractivity contribution in [3.63, 3.8) is 0 Å². The van der Waals surface area contributed by atoms with Crippen LogP contribution in [0.25, 0.3) is 0 Å². The molecule has 0 radical (unpaired) electrons. The highest BCUT2D eigenvalue weighted by Crippen LogP contribution is 2.29. The standard InChI is InChI=1S/C18H24F3N3O/c19-18(20,21)15-6-4-14(5-7-15)13-23-9-2-10-24(12-11-23)17(25)16-3-1-8-22-16/h4-7,16,22H,1-3,8-13H2. The van der Waals surface area contributed by atoms with Gasteiger partial charge in [0.25, 0.3) is 0 Å². The van der Waals surface area contributed by atoms with Gasteiger partial charge < -0.3 is 10.2 Å². The van der Waals surface area contributed by atoms with Gasteiger partial charge in [-0.15, -0.1) is 0 Å². The average molecular weight is 355 g/mol. The first-order valence-electron chi connectivity index (χ1n) is 8.84. The molecule has 3 rings (SSSR count). The summed E-state index contributed by atoms with van der Waals surface area (Å²) in [4.78, 5) is 16.6. The van der Waals surface area contributed by atoms with Gasteiger partial charge >= 0.3 is 6.18 Å². The maximum absolute atomic E-state index is 12.6. The molecule has 2 fully saturated rings. The Kier molecular flexibility index (Phi) is 5.64. The highest BCUT2D eigenvalue weighted by atomic mass is 19.4. The lowest BCUT2D eigenvalue weighted by atomic mass is 10.1. The van der Waals surface area contributed by atoms with Crippen molar-refractivity contribution in [2.75, 3.05) is 32.7 Å². The zero-order valence-electron chi connectivity index (χ0n) is 14.2. The van der Waals surface area contributed by atoms with Crippen LogP contribution < -0.4 is 5.32 Å². The summed E-state index contributed by atoms with van der Waals surface area (Å²) in [6.45, 7) is 4.55. The summed E-state index contributed by atoms with van der Waals surface area (Å²) >= 11 is 0. The molecule has 2 aliphatic heterocycles. The number of halogens is 3. The number of carbonyl (C=O) groups is 1. The minimum absolute atomic E-state index is 0.0403. The Morgan fingerprint density at radius 1 is 1.08 bits per heavy atom. The van der Waals surface area contributed by atoms with Gasteiger partial charge in [0.15, 0.2) is 0 Å². The molecule has 2 heterocycles. The van der Waals surface area contributed by atoms with Crippen LogP contribution in [0.2, 0.25) is 0 Å². The molecule has 0 saturated carbocycles. The molecule has 0 bridgehead atoms. The van der Waals surface area contributed by atoms with Crippen LogP contribution in [0, 0.1) is 0 Å². The van der Waals surface area contributed by atoms with Crippen LogP contribution in [-0.2, 0) is 17.5 Å². The normalized spacial score (nSPS) is 22.8. The first kappa shape index (κ1) is 18.2. The SMILES string of the molecule is O=C(C1CCCN1)N1CCCN(Cc2ccc(C(F)(F)F)cc2)CC1. The predicted molar refractivity (Wildman–Crippen MR) is 88.9 cm³/mol. The van der Waals surface area contributed by atoms with Crippen LogP contribution in [-0.4, -0.2) is 54.5 Å². The van der Waals surface area contributed by atoms with Crippen molar-refractivity contribution in [2.24, 2.45) is 0 Å². The summed E-state index contributed by atoms with van der Waals surface area (Å²) in [6.07, 6.45) is -1.45. The maximum Gasteiger partial charge on any atom is 0.416 e. The quantitative estimate of drug-likeness (QED) is 0.905. The summed E-state index contributed by atoms with van der Waals surface area (Å²) in [5.41, 5.74) is 0.248. The van der Waals surface area contributed by atoms with E-state index in [0.29, 0.717) is 13.1 Å². The molecule has 1 N–H and O–H groups in total. The third-order valence-corrected chi connectivity index (χ3v) is 4.95. The second kappa shape index (κ2) is 7.74. The number of carbonyl (C=O) groups excluding carboxylic acids is 1. The fourth-order valence-electron chi connectivity index (χ4n) is 3.52. The fourth-order valence-corrected chi connectivity index (χ4v) is 3.52. The number of nitrogens with zero attached hydrogens (tertiary/aromatic N) is 2. The first-order chi connectivity index (χ1) is 11.9. The molecular weight excluding hydrogens is 331 g/mol. The van der Waals surface area contributed by atoms with Crippen molar-refractivity contribution < 1.29 is 18.0 Å². The van der Waals surface area contributed by atoms with Crippen LogP contribution in [0.3, 0.4) is 0 Å². The Bertz CT molecular complexity index is 582. The lowest BCUT2D eigenvalue weighted by molar-refractivity contribution is -0.137. The van der Waals surface area contributed by atoms with Gasteiger partial charge in [0.1, 0.15) is 0 Å². The number of amides is 1. The number of nitrogens with one attached hydrogen (secondary N) is 1. The van der Waals surface area contributed by atoms with Gasteiger partial charge in [0.2, 0.25) is 5.91 Å². The molecule has 0 spiro atoms. The molecule has 4 nitrogen and oxygen atoms in total. The summed E-state index contributed by atoms with van der Waals surface area (Å²) in [5, 5.41) is 3.25. The van der Waals surface area contributed by atoms with E-state index in [4.69, 9.17) is 0 Å². The van der Waals surface area contributed by atoms with E-state index >= 15 is 0 Å². The Morgan fingerprint density at radius 2 is 1.84 bits per heavy atom. The van der Waals surface area contributed by atoms with Gasteiger partial charge in [-0.05, 0) is 43.5 Å². The monoisotopic (exact) mass is 355 g/mol. The lowest BCUT2D eigenvalue weighted by Gasteiger charge is -2.24. The van der Waals surface area contributed by atoms with Crippen molar-refractivity contribution >= 4 is 5.91 Å². The second-order valence-electron chi connectivity index (χ2n) is 6.80. The van der Waals surface area contributed by atoms with E-state index in [1.165, 1.54) is 0 Å². The van der Waals surface area contributed by atoms with Crippen molar-refractivity contribution in [3.05, 3.63) is 35.4 Å². The van der Waals surface area contributed by atoms with Crippen LogP contribution in [0.1, 0.15) is 30.4 Å². The van der Waals surface area contributed by atoms with Crippen LogP contribution in [0.4, 0.5) is 13.2 Å². The molecule has 1 aromatic rings. The largest absolute Gasteiger partial charge is 0.416 e. The Balaban J connectivity index is 1.53. The number of rotatable bonds is 3. The minimum atomic E-state index is -4.30. The topological polar surface area (TPSA) is 35.6 Å². The van der Waals surface area contributed by atoms with E-state index < -0.39 is 11.7 Å². The van der Waals surface area contributed by atoms with Crippen molar-refractivity contribution in [1.82, 2.24) is 15.1 Å². The van der Waals surface area contributed by atoms with E-state index in [1.54, 1.807) is 12.1 Å². The van der Waals surface area contributed by atoms with Crippen LogP contribution in [0.5, 0.6) is 0 Å². The van der Waals surface area contributed by atoms with Crippen LogP contribution in [0.15, 0.2) is 24.3 Å². The number of benzene rings is 1. The maximum atomic E-state index is 12.6. The molecular formula is C18H24F3N3O. The smallest absolute Gasteiger partial charge is 0.340 e. The minimum Gasteiger partial charge on any atom is -0.340 e. The summed E-state index contributed by atoms with van der Waals surface area (Å²) in [7, 11) is 0. The Hall–Kier alpha value is -1.60. The number of hydrogen-bond acceptors (Lipinski definition) is 3. The van der Waals surface area contributed by atoms with Gasteiger partial charge in [0, 0.05) is 32.7 Å². The number of alkyl halides is 3. The average Bonchev–Trinajstić information content (AvgIpc) is 3.01. The van der Waals surface area contributed by atoms with Gasteiger partial charge in [-0.2, -0.15) is 13.2 Å². The van der Waals surface area contributed by atoms with E-state index in [9.17, 15) is 18.0 Å². The zero-order valence-corrected chi connectivity index (χ0v) is 14.2. The summed E-state index contributed by atoms with van der Waals surface area (Å²) in [5.74, 6) is 0.189. The molecule has 25 heavy (non-hydrogen) atoms. The van der Waals surface area contributed by atoms with E-state index in [-0.39, 0.29) is 11.9 Å². The Morgan fingerprint density at radius 3 is 2.48 bits per heavy atom. The van der Waals surface area contributed by atoms with E-state index in [0.717, 1.165) is 63.1 Å². The first-order valence-corrected chi connectivity index (χ1v) is 8.84. The molecule has 1 unspecified atom stereocenters. The van der Waals surface area contributed by atoms with Crippen molar-refractivity contribution in [2.45, 2.75) is 38.0 Å². The molecule has 1 aromatic carbocycles. The van der Waals surface area contributed by atoms with E-state index in [1.807, 2.05) is 4.90 Å². The predicted octanol–water partition coefficient (Wildman–Crippen LogP) is 2.49. The molecule has 2 saturated heterocycles. The molecule has 2 aliphatic rings. The van der Waals surface area contributed by atoms with Gasteiger partial charge in [-0.25, -0.2) is 0 Å². The fraction of sp³-hybridized carbons (Fsp3) is 0.611. The lowest BCUT2D eigenvalue weighted by Crippen LogP contribution is -2.45. The van der Waals surface area contributed by atoms with E-state index in [2.05, 4.69) is 10.2 Å². The van der Waals surface area contributed by atoms with Gasteiger partial charge in [0.05, 0.1) is 11.6 Å². The molecule has 7 heteroatoms. The summed E-state index contributed by atoms with van der Waals surface area (Å²) in [6, 6.07) is 5.31. The second-order valence-corrected chi connectivity index (χ2v) is 6.80. The third kappa shape index (κ3) is 4.73. The third-order valence-electron chi connectivity index (χ3n) is 4.95. The molecule has 1 amide bonds. The van der Waals surface area contributed by atoms with Gasteiger partial charge in [-0.1, -0.05) is 12.1 Å². The van der Waals surface area contributed by atoms with Crippen molar-refractivity contribution in [3.8, 4) is 0 Å². The highest BCUT2D eigenvalue weighted by Gasteiger charge is 2.30. The van der Waals surface area contributed by atoms with Gasteiger partial charge in [-0.3, -0.25) is 9.69 Å². The summed E-state index contributed by atoms with van der Waals surface area (Å²) < 4.78 is 37.9. The molecule has 0 aliphatic carbocycles.